The Morgan fingerprint density at radius 1 is 0.955 bits per heavy atom. The number of thiazole rings is 1. The van der Waals surface area contributed by atoms with E-state index in [2.05, 4.69) is 29.2 Å². The van der Waals surface area contributed by atoms with Crippen LogP contribution in [-0.4, -0.2) is 10.2 Å². The van der Waals surface area contributed by atoms with Gasteiger partial charge >= 0.3 is 0 Å². The minimum absolute atomic E-state index is 0.813. The zero-order valence-electron chi connectivity index (χ0n) is 11.9. The van der Waals surface area contributed by atoms with Crippen LogP contribution in [-0.2, 0) is 12.8 Å². The smallest absolute Gasteiger partial charge is 0.266 e. The lowest BCUT2D eigenvalue weighted by Crippen LogP contribution is -2.30. The lowest BCUT2D eigenvalue weighted by Gasteiger charge is -1.97. The van der Waals surface area contributed by atoms with Gasteiger partial charge < -0.3 is 0 Å². The van der Waals surface area contributed by atoms with Crippen molar-refractivity contribution in [2.75, 3.05) is 0 Å². The molecule has 2 aromatic carbocycles. The van der Waals surface area contributed by atoms with Crippen LogP contribution in [0.2, 0.25) is 0 Å². The van der Waals surface area contributed by atoms with E-state index in [-0.39, 0.29) is 0 Å². The highest BCUT2D eigenvalue weighted by Gasteiger charge is 2.16. The third-order valence-corrected chi connectivity index (χ3v) is 4.97. The minimum atomic E-state index is 0.813. The first-order valence-corrected chi connectivity index (χ1v) is 8.09. The number of nitrogens with zero attached hydrogens (tertiary/aromatic N) is 2. The maximum atomic E-state index is 10.1. The van der Waals surface area contributed by atoms with E-state index in [0.29, 0.717) is 0 Å². The zero-order chi connectivity index (χ0) is 14.9. The van der Waals surface area contributed by atoms with Crippen molar-refractivity contribution >= 4 is 32.5 Å². The second-order valence-corrected chi connectivity index (χ2v) is 6.38. The Labute approximate surface area is 132 Å². The number of hydrogen-bond donors (Lipinski definition) is 1. The van der Waals surface area contributed by atoms with Gasteiger partial charge in [0.2, 0.25) is 6.20 Å². The second kappa shape index (κ2) is 5.39. The molecule has 2 aromatic heterocycles. The number of aryl methyl sites for hydroxylation is 2. The monoisotopic (exact) mass is 307 g/mol. The van der Waals surface area contributed by atoms with Crippen LogP contribution in [0.4, 0.5) is 0 Å². The molecular formula is C18H15N2OS+. The molecule has 0 aliphatic carbocycles. The standard InChI is InChI=1S/C18H15N2OS/c21-20-12-15-18(14-8-4-5-9-16(14)20)22-17(19-15)11-10-13-6-2-1-3-7-13/h1-9,12,21H,10-11H2/q+1. The van der Waals surface area contributed by atoms with Crippen molar-refractivity contribution in [3.63, 3.8) is 0 Å². The van der Waals surface area contributed by atoms with Crippen molar-refractivity contribution in [2.45, 2.75) is 12.8 Å². The van der Waals surface area contributed by atoms with Gasteiger partial charge in [0.25, 0.3) is 5.52 Å². The van der Waals surface area contributed by atoms with Crippen LogP contribution in [0, 0.1) is 0 Å². The van der Waals surface area contributed by atoms with Gasteiger partial charge in [0.05, 0.1) is 15.1 Å². The van der Waals surface area contributed by atoms with Crippen LogP contribution in [0.3, 0.4) is 0 Å². The SMILES string of the molecule is O[n+]1cc2nc(CCc3ccccc3)sc2c2ccccc21. The maximum Gasteiger partial charge on any atom is 0.266 e. The molecule has 0 saturated heterocycles. The fourth-order valence-electron chi connectivity index (χ4n) is 2.71. The Morgan fingerprint density at radius 2 is 1.73 bits per heavy atom. The van der Waals surface area contributed by atoms with E-state index in [1.54, 1.807) is 17.5 Å². The number of rotatable bonds is 3. The third kappa shape index (κ3) is 2.31. The van der Waals surface area contributed by atoms with Gasteiger partial charge in [-0.15, -0.1) is 11.3 Å². The molecule has 0 spiro atoms. The number of hydrogen-bond acceptors (Lipinski definition) is 3. The quantitative estimate of drug-likeness (QED) is 0.462. The predicted molar refractivity (Wildman–Crippen MR) is 88.4 cm³/mol. The molecule has 0 fully saturated rings. The van der Waals surface area contributed by atoms with Gasteiger partial charge in [-0.1, -0.05) is 42.5 Å². The molecule has 108 valence electrons. The predicted octanol–water partition coefficient (Wildman–Crippen LogP) is 3.76. The van der Waals surface area contributed by atoms with Gasteiger partial charge in [0, 0.05) is 17.2 Å². The Bertz CT molecular complexity index is 947. The molecule has 0 aliphatic heterocycles. The molecule has 0 saturated carbocycles. The van der Waals surface area contributed by atoms with Gasteiger partial charge in [0.15, 0.2) is 5.52 Å². The van der Waals surface area contributed by atoms with Crippen LogP contribution < -0.4 is 4.73 Å². The fourth-order valence-corrected chi connectivity index (χ4v) is 3.78. The minimum Gasteiger partial charge on any atom is -0.284 e. The fraction of sp³-hybridized carbons (Fsp3) is 0.111. The summed E-state index contributed by atoms with van der Waals surface area (Å²) in [7, 11) is 0. The van der Waals surface area contributed by atoms with Crippen molar-refractivity contribution in [3.05, 3.63) is 71.4 Å². The van der Waals surface area contributed by atoms with Gasteiger partial charge in [0.1, 0.15) is 0 Å². The van der Waals surface area contributed by atoms with Crippen molar-refractivity contribution in [1.29, 1.82) is 0 Å². The molecule has 22 heavy (non-hydrogen) atoms. The Balaban J connectivity index is 1.73. The van der Waals surface area contributed by atoms with E-state index in [9.17, 15) is 5.21 Å². The van der Waals surface area contributed by atoms with Crippen molar-refractivity contribution in [2.24, 2.45) is 0 Å². The van der Waals surface area contributed by atoms with Crippen LogP contribution >= 0.6 is 11.3 Å². The summed E-state index contributed by atoms with van der Waals surface area (Å²) < 4.78 is 2.31. The summed E-state index contributed by atoms with van der Waals surface area (Å²) in [4.78, 5) is 4.68. The number of aromatic nitrogens is 2. The summed E-state index contributed by atoms with van der Waals surface area (Å²) in [6.07, 6.45) is 3.60. The van der Waals surface area contributed by atoms with Gasteiger partial charge in [-0.3, -0.25) is 5.21 Å². The summed E-state index contributed by atoms with van der Waals surface area (Å²) in [5, 5.41) is 12.2. The molecule has 0 bridgehead atoms. The molecular weight excluding hydrogens is 292 g/mol. The lowest BCUT2D eigenvalue weighted by molar-refractivity contribution is -0.883. The first kappa shape index (κ1) is 13.2. The number of pyridine rings is 1. The molecule has 0 amide bonds. The van der Waals surface area contributed by atoms with E-state index in [0.717, 1.165) is 39.0 Å². The average molecular weight is 307 g/mol. The topological polar surface area (TPSA) is 37.0 Å². The second-order valence-electron chi connectivity index (χ2n) is 5.30. The summed E-state index contributed by atoms with van der Waals surface area (Å²) in [6, 6.07) is 18.3. The number of fused-ring (bicyclic) bond motifs is 3. The summed E-state index contributed by atoms with van der Waals surface area (Å²) >= 11 is 1.72. The Hall–Kier alpha value is -2.46. The zero-order valence-corrected chi connectivity index (χ0v) is 12.8. The first-order valence-electron chi connectivity index (χ1n) is 7.27. The summed E-state index contributed by atoms with van der Waals surface area (Å²) in [5.74, 6) is 0. The van der Waals surface area contributed by atoms with Gasteiger partial charge in [-0.2, -0.15) is 0 Å². The van der Waals surface area contributed by atoms with Crippen LogP contribution in [0.1, 0.15) is 10.6 Å². The average Bonchev–Trinajstić information content (AvgIpc) is 2.97. The highest BCUT2D eigenvalue weighted by atomic mass is 32.1. The molecule has 4 rings (SSSR count). The van der Waals surface area contributed by atoms with Crippen LogP contribution in [0.5, 0.6) is 0 Å². The molecule has 0 radical (unpaired) electrons. The number of benzene rings is 2. The van der Waals surface area contributed by atoms with Crippen LogP contribution in [0.25, 0.3) is 21.1 Å². The van der Waals surface area contributed by atoms with Crippen molar-refractivity contribution < 1.29 is 9.94 Å². The molecule has 0 aliphatic rings. The van der Waals surface area contributed by atoms with Crippen LogP contribution in [0.15, 0.2) is 60.8 Å². The van der Waals surface area contributed by atoms with E-state index < -0.39 is 0 Å². The molecule has 0 unspecified atom stereocenters. The summed E-state index contributed by atoms with van der Waals surface area (Å²) in [6.45, 7) is 0. The largest absolute Gasteiger partial charge is 0.284 e. The number of para-hydroxylation sites is 1. The molecule has 1 N–H and O–H groups in total. The normalized spacial score (nSPS) is 11.3. The van der Waals surface area contributed by atoms with Crippen molar-refractivity contribution in [3.8, 4) is 0 Å². The molecule has 0 atom stereocenters. The molecule has 2 heterocycles. The molecule has 4 heteroatoms. The molecule has 3 nitrogen and oxygen atoms in total. The lowest BCUT2D eigenvalue weighted by atomic mass is 10.1. The van der Waals surface area contributed by atoms with Gasteiger partial charge in [-0.25, -0.2) is 4.98 Å². The van der Waals surface area contributed by atoms with Crippen molar-refractivity contribution in [1.82, 2.24) is 4.98 Å². The first-order chi connectivity index (χ1) is 10.8. The van der Waals surface area contributed by atoms with E-state index in [4.69, 9.17) is 0 Å². The third-order valence-electron chi connectivity index (χ3n) is 3.81. The molecule has 4 aromatic rings. The maximum absolute atomic E-state index is 10.1. The Morgan fingerprint density at radius 3 is 2.59 bits per heavy atom. The highest BCUT2D eigenvalue weighted by molar-refractivity contribution is 7.19. The van der Waals surface area contributed by atoms with E-state index in [1.165, 1.54) is 10.3 Å². The summed E-state index contributed by atoms with van der Waals surface area (Å²) in [5.41, 5.74) is 2.99. The van der Waals surface area contributed by atoms with E-state index >= 15 is 0 Å². The Kier molecular flexibility index (Phi) is 3.24. The van der Waals surface area contributed by atoms with E-state index in [1.807, 2.05) is 30.3 Å². The van der Waals surface area contributed by atoms with Gasteiger partial charge in [-0.05, 0) is 18.1 Å². The highest BCUT2D eigenvalue weighted by Crippen LogP contribution is 2.28.